The smallest absolute Gasteiger partial charge is 0.291 e. The molecule has 0 aliphatic carbocycles. The minimum Gasteiger partial charge on any atom is -0.327 e. The van der Waals surface area contributed by atoms with Crippen LogP contribution in [0.15, 0.2) is 48.5 Å². The van der Waals surface area contributed by atoms with Gasteiger partial charge in [-0.2, -0.15) is 0 Å². The van der Waals surface area contributed by atoms with Crippen LogP contribution >= 0.6 is 0 Å². The first kappa shape index (κ1) is 20.0. The molecule has 146 valence electrons. The third-order valence-electron chi connectivity index (χ3n) is 5.28. The molecule has 2 atom stereocenters. The third kappa shape index (κ3) is 3.76. The van der Waals surface area contributed by atoms with Crippen molar-refractivity contribution in [2.24, 2.45) is 5.92 Å². The van der Waals surface area contributed by atoms with Crippen LogP contribution in [-0.2, 0) is 9.59 Å². The second kappa shape index (κ2) is 8.07. The predicted molar refractivity (Wildman–Crippen MR) is 108 cm³/mol. The van der Waals surface area contributed by atoms with Gasteiger partial charge in [-0.3, -0.25) is 14.4 Å². The highest BCUT2D eigenvalue weighted by Gasteiger charge is 2.51. The van der Waals surface area contributed by atoms with Gasteiger partial charge >= 0.3 is 0 Å². The molecule has 0 radical (unpaired) electrons. The zero-order valence-corrected chi connectivity index (χ0v) is 16.8. The fourth-order valence-corrected chi connectivity index (χ4v) is 3.73. The van der Waals surface area contributed by atoms with Crippen LogP contribution in [0.2, 0.25) is 0 Å². The number of carbonyl (C=O) groups is 3. The van der Waals surface area contributed by atoms with Gasteiger partial charge in [-0.05, 0) is 45.1 Å². The number of carbonyl (C=O) groups excluding carboxylic acids is 3. The fourth-order valence-electron chi connectivity index (χ4n) is 3.73. The lowest BCUT2D eigenvalue weighted by molar-refractivity contribution is -0.140. The Hall–Kier alpha value is -2.79. The Bertz CT molecular complexity index is 905. The average molecular weight is 378 g/mol. The number of aryl methyl sites for hydroxylation is 2. The van der Waals surface area contributed by atoms with Gasteiger partial charge in [0.05, 0.1) is 6.04 Å². The highest BCUT2D eigenvalue weighted by Crippen LogP contribution is 2.38. The van der Waals surface area contributed by atoms with Crippen LogP contribution in [-0.4, -0.2) is 54.5 Å². The van der Waals surface area contributed by atoms with Crippen LogP contribution in [0.25, 0.3) is 0 Å². The van der Waals surface area contributed by atoms with E-state index in [1.807, 2.05) is 75.3 Å². The molecular weight excluding hydrogens is 352 g/mol. The molecule has 2 aromatic rings. The van der Waals surface area contributed by atoms with Crippen molar-refractivity contribution in [1.82, 2.24) is 9.80 Å². The Kier molecular flexibility index (Phi) is 5.75. The lowest BCUT2D eigenvalue weighted by Crippen LogP contribution is -2.36. The summed E-state index contributed by atoms with van der Waals surface area (Å²) in [7, 11) is 3.83. The van der Waals surface area contributed by atoms with E-state index in [0.717, 1.165) is 16.7 Å². The molecule has 0 saturated carbocycles. The van der Waals surface area contributed by atoms with Gasteiger partial charge in [-0.15, -0.1) is 0 Å². The Morgan fingerprint density at radius 1 is 1.04 bits per heavy atom. The summed E-state index contributed by atoms with van der Waals surface area (Å²) in [5.74, 6) is -2.48. The highest BCUT2D eigenvalue weighted by atomic mass is 16.2. The van der Waals surface area contributed by atoms with Crippen LogP contribution in [0.4, 0.5) is 0 Å². The largest absolute Gasteiger partial charge is 0.327 e. The van der Waals surface area contributed by atoms with Crippen LogP contribution in [0.3, 0.4) is 0 Å². The molecule has 5 nitrogen and oxygen atoms in total. The molecule has 1 saturated heterocycles. The summed E-state index contributed by atoms with van der Waals surface area (Å²) in [6.45, 7) is 4.78. The summed E-state index contributed by atoms with van der Waals surface area (Å²) >= 11 is 0. The topological polar surface area (TPSA) is 57.7 Å². The van der Waals surface area contributed by atoms with Gasteiger partial charge in [-0.1, -0.05) is 48.0 Å². The Balaban J connectivity index is 2.06. The van der Waals surface area contributed by atoms with E-state index in [1.54, 1.807) is 11.0 Å². The monoisotopic (exact) mass is 378 g/mol. The van der Waals surface area contributed by atoms with Crippen molar-refractivity contribution in [1.29, 1.82) is 0 Å². The van der Waals surface area contributed by atoms with Crippen molar-refractivity contribution in [3.05, 3.63) is 70.8 Å². The maximum atomic E-state index is 13.4. The van der Waals surface area contributed by atoms with E-state index < -0.39 is 23.7 Å². The Morgan fingerprint density at radius 2 is 1.71 bits per heavy atom. The molecule has 0 spiro atoms. The van der Waals surface area contributed by atoms with E-state index in [2.05, 4.69) is 0 Å². The second-order valence-electron chi connectivity index (χ2n) is 7.68. The summed E-state index contributed by atoms with van der Waals surface area (Å²) in [4.78, 5) is 42.7. The zero-order valence-electron chi connectivity index (χ0n) is 16.8. The van der Waals surface area contributed by atoms with Gasteiger partial charge in [0, 0.05) is 18.7 Å². The van der Waals surface area contributed by atoms with Crippen LogP contribution in [0, 0.1) is 19.8 Å². The van der Waals surface area contributed by atoms with Gasteiger partial charge in [-0.25, -0.2) is 0 Å². The lowest BCUT2D eigenvalue weighted by Gasteiger charge is -2.28. The van der Waals surface area contributed by atoms with E-state index >= 15 is 0 Å². The average Bonchev–Trinajstić information content (AvgIpc) is 2.93. The van der Waals surface area contributed by atoms with Gasteiger partial charge in [0.2, 0.25) is 5.78 Å². The number of likely N-dealkylation sites (N-methyl/N-ethyl adjacent to an activating group) is 1. The normalized spacial score (nSPS) is 19.5. The van der Waals surface area contributed by atoms with Crippen molar-refractivity contribution < 1.29 is 14.4 Å². The molecule has 1 fully saturated rings. The maximum Gasteiger partial charge on any atom is 0.291 e. The molecule has 0 aromatic heterocycles. The number of likely N-dealkylation sites (tertiary alicyclic amines) is 1. The molecule has 1 aliphatic heterocycles. The standard InChI is InChI=1S/C23H26N2O3/c1-15-10-11-16(2)18(14-15)21(26)19-20(17-8-6-5-7-9-17)25(13-12-24(3)4)23(28)22(19)27/h5-11,14,19-20H,12-13H2,1-4H3. The number of rotatable bonds is 6. The number of benzene rings is 2. The molecule has 0 bridgehead atoms. The summed E-state index contributed by atoms with van der Waals surface area (Å²) in [5, 5.41) is 0. The predicted octanol–water partition coefficient (Wildman–Crippen LogP) is 2.82. The summed E-state index contributed by atoms with van der Waals surface area (Å²) < 4.78 is 0. The van der Waals surface area contributed by atoms with E-state index in [9.17, 15) is 14.4 Å². The van der Waals surface area contributed by atoms with Gasteiger partial charge in [0.15, 0.2) is 5.78 Å². The summed E-state index contributed by atoms with van der Waals surface area (Å²) in [6.07, 6.45) is 0. The van der Waals surface area contributed by atoms with Crippen LogP contribution in [0.1, 0.15) is 33.1 Å². The quantitative estimate of drug-likeness (QED) is 0.441. The Morgan fingerprint density at radius 3 is 2.36 bits per heavy atom. The van der Waals surface area contributed by atoms with E-state index in [-0.39, 0.29) is 5.78 Å². The van der Waals surface area contributed by atoms with Crippen LogP contribution in [0.5, 0.6) is 0 Å². The molecule has 1 amide bonds. The number of ketones is 2. The number of hydrogen-bond donors (Lipinski definition) is 0. The molecule has 1 heterocycles. The van der Waals surface area contributed by atoms with E-state index in [4.69, 9.17) is 0 Å². The summed E-state index contributed by atoms with van der Waals surface area (Å²) in [6, 6.07) is 14.4. The number of Topliss-reactive ketones (excluding diaryl/α,β-unsaturated/α-hetero) is 2. The highest BCUT2D eigenvalue weighted by molar-refractivity contribution is 6.44. The van der Waals surface area contributed by atoms with Crippen molar-refractivity contribution in [2.75, 3.05) is 27.2 Å². The van der Waals surface area contributed by atoms with Crippen molar-refractivity contribution >= 4 is 17.5 Å². The SMILES string of the molecule is Cc1ccc(C)c(C(=O)C2C(=O)C(=O)N(CCN(C)C)C2c2ccccc2)c1. The fraction of sp³-hybridized carbons (Fsp3) is 0.348. The van der Waals surface area contributed by atoms with Crippen molar-refractivity contribution in [3.63, 3.8) is 0 Å². The minimum atomic E-state index is -1.02. The summed E-state index contributed by atoms with van der Waals surface area (Å²) in [5.41, 5.74) is 3.09. The number of hydrogen-bond acceptors (Lipinski definition) is 4. The Labute approximate surface area is 166 Å². The molecule has 3 rings (SSSR count). The molecule has 2 aromatic carbocycles. The van der Waals surface area contributed by atoms with E-state index in [0.29, 0.717) is 18.7 Å². The second-order valence-corrected chi connectivity index (χ2v) is 7.68. The first-order valence-corrected chi connectivity index (χ1v) is 9.47. The zero-order chi connectivity index (χ0) is 20.4. The molecule has 0 N–H and O–H groups in total. The molecular formula is C23H26N2O3. The third-order valence-corrected chi connectivity index (χ3v) is 5.28. The van der Waals surface area contributed by atoms with Gasteiger partial charge < -0.3 is 9.80 Å². The number of amides is 1. The van der Waals surface area contributed by atoms with Gasteiger partial charge in [0.1, 0.15) is 5.92 Å². The van der Waals surface area contributed by atoms with E-state index in [1.165, 1.54) is 0 Å². The van der Waals surface area contributed by atoms with Crippen molar-refractivity contribution in [3.8, 4) is 0 Å². The minimum absolute atomic E-state index is 0.277. The van der Waals surface area contributed by atoms with Crippen molar-refractivity contribution in [2.45, 2.75) is 19.9 Å². The first-order valence-electron chi connectivity index (χ1n) is 9.47. The molecule has 5 heteroatoms. The molecule has 2 unspecified atom stereocenters. The molecule has 28 heavy (non-hydrogen) atoms. The van der Waals surface area contributed by atoms with Gasteiger partial charge in [0.25, 0.3) is 5.91 Å². The molecule has 1 aliphatic rings. The first-order chi connectivity index (χ1) is 13.3. The lowest BCUT2D eigenvalue weighted by atomic mass is 9.84. The van der Waals surface area contributed by atoms with Crippen LogP contribution < -0.4 is 0 Å². The maximum absolute atomic E-state index is 13.4. The number of nitrogens with zero attached hydrogens (tertiary/aromatic N) is 2.